The Balaban J connectivity index is 1.33. The van der Waals surface area contributed by atoms with E-state index < -0.39 is 0 Å². The maximum Gasteiger partial charge on any atom is 0.0540 e. The van der Waals surface area contributed by atoms with Crippen LogP contribution in [-0.4, -0.2) is 0 Å². The van der Waals surface area contributed by atoms with E-state index in [1.165, 1.54) is 66.4 Å². The second-order valence-corrected chi connectivity index (χ2v) is 16.7. The fourth-order valence-electron chi connectivity index (χ4n) is 7.65. The van der Waals surface area contributed by atoms with Crippen LogP contribution >= 0.6 is 0 Å². The largest absolute Gasteiger partial charge is 0.310 e. The highest BCUT2D eigenvalue weighted by Crippen LogP contribution is 2.46. The first-order chi connectivity index (χ1) is 26.5. The summed E-state index contributed by atoms with van der Waals surface area (Å²) in [4.78, 5) is 2.41. The molecule has 0 heterocycles. The maximum atomic E-state index is 2.42. The number of fused-ring (bicyclic) bond motifs is 1. The van der Waals surface area contributed by atoms with Gasteiger partial charge in [-0.2, -0.15) is 0 Å². The molecule has 8 aromatic carbocycles. The van der Waals surface area contributed by atoms with Gasteiger partial charge < -0.3 is 4.90 Å². The zero-order chi connectivity index (χ0) is 38.2. The molecule has 0 saturated heterocycles. The van der Waals surface area contributed by atoms with E-state index in [9.17, 15) is 0 Å². The van der Waals surface area contributed by atoms with Crippen molar-refractivity contribution < 1.29 is 0 Å². The topological polar surface area (TPSA) is 3.24 Å². The molecule has 55 heavy (non-hydrogen) atoms. The van der Waals surface area contributed by atoms with Crippen molar-refractivity contribution in [3.05, 3.63) is 199 Å². The van der Waals surface area contributed by atoms with Crippen LogP contribution in [0.15, 0.2) is 188 Å². The Labute approximate surface area is 327 Å². The van der Waals surface area contributed by atoms with Gasteiger partial charge in [0.1, 0.15) is 0 Å². The molecule has 1 heteroatoms. The third-order valence-electron chi connectivity index (χ3n) is 10.8. The monoisotopic (exact) mass is 711 g/mol. The van der Waals surface area contributed by atoms with E-state index in [2.05, 4.69) is 234 Å². The predicted octanol–water partition coefficient (Wildman–Crippen LogP) is 15.6. The Bertz CT molecular complexity index is 2450. The molecule has 0 aromatic heterocycles. The summed E-state index contributed by atoms with van der Waals surface area (Å²) in [6, 6.07) is 68.9. The average molecular weight is 712 g/mol. The highest BCUT2D eigenvalue weighted by Gasteiger charge is 2.23. The minimum atomic E-state index is 0.0165. The minimum absolute atomic E-state index is 0.0165. The Kier molecular flexibility index (Phi) is 9.49. The molecule has 0 unspecified atom stereocenters. The zero-order valence-corrected chi connectivity index (χ0v) is 32.8. The summed E-state index contributed by atoms with van der Waals surface area (Å²) >= 11 is 0. The van der Waals surface area contributed by atoms with Crippen molar-refractivity contribution in [2.75, 3.05) is 4.90 Å². The molecule has 1 nitrogen and oxygen atoms in total. The Morgan fingerprint density at radius 2 is 0.745 bits per heavy atom. The molecule has 0 radical (unpaired) electrons. The number of hydrogen-bond acceptors (Lipinski definition) is 1. The highest BCUT2D eigenvalue weighted by molar-refractivity contribution is 6.09. The third kappa shape index (κ3) is 7.36. The summed E-state index contributed by atoms with van der Waals surface area (Å²) < 4.78 is 0. The van der Waals surface area contributed by atoms with Crippen LogP contribution in [0.25, 0.3) is 55.3 Å². The van der Waals surface area contributed by atoms with E-state index in [1.807, 2.05) is 0 Å². The second kappa shape index (κ2) is 14.6. The maximum absolute atomic E-state index is 2.42. The van der Waals surface area contributed by atoms with Crippen molar-refractivity contribution in [3.8, 4) is 44.5 Å². The van der Waals surface area contributed by atoms with E-state index in [1.54, 1.807) is 0 Å². The number of benzene rings is 8. The van der Waals surface area contributed by atoms with Crippen LogP contribution in [0, 0.1) is 0 Å². The van der Waals surface area contributed by atoms with E-state index in [4.69, 9.17) is 0 Å². The van der Waals surface area contributed by atoms with Crippen LogP contribution in [0.4, 0.5) is 17.1 Å². The summed E-state index contributed by atoms with van der Waals surface area (Å²) in [5, 5.41) is 2.50. The minimum Gasteiger partial charge on any atom is -0.310 e. The van der Waals surface area contributed by atoms with E-state index in [0.717, 1.165) is 17.1 Å². The molecule has 0 aliphatic heterocycles. The van der Waals surface area contributed by atoms with Gasteiger partial charge in [0.05, 0.1) is 5.69 Å². The predicted molar refractivity (Wildman–Crippen MR) is 238 cm³/mol. The summed E-state index contributed by atoms with van der Waals surface area (Å²) in [6.07, 6.45) is 0. The van der Waals surface area contributed by atoms with Gasteiger partial charge in [0, 0.05) is 16.9 Å². The molecular weight excluding hydrogens is 663 g/mol. The zero-order valence-electron chi connectivity index (χ0n) is 32.8. The van der Waals surface area contributed by atoms with Gasteiger partial charge in [-0.05, 0) is 102 Å². The van der Waals surface area contributed by atoms with Gasteiger partial charge >= 0.3 is 0 Å². The molecule has 0 amide bonds. The smallest absolute Gasteiger partial charge is 0.0540 e. The summed E-state index contributed by atoms with van der Waals surface area (Å²) in [7, 11) is 0. The lowest BCUT2D eigenvalue weighted by molar-refractivity contribution is 0.569. The van der Waals surface area contributed by atoms with Gasteiger partial charge in [0.15, 0.2) is 0 Å². The van der Waals surface area contributed by atoms with Crippen LogP contribution in [0.5, 0.6) is 0 Å². The van der Waals surface area contributed by atoms with Gasteiger partial charge in [-0.25, -0.2) is 0 Å². The highest BCUT2D eigenvalue weighted by atomic mass is 15.1. The molecule has 0 saturated carbocycles. The Hall–Kier alpha value is -6.18. The lowest BCUT2D eigenvalue weighted by Gasteiger charge is -2.29. The van der Waals surface area contributed by atoms with Crippen LogP contribution in [0.1, 0.15) is 52.7 Å². The third-order valence-corrected chi connectivity index (χ3v) is 10.8. The van der Waals surface area contributed by atoms with E-state index in [-0.39, 0.29) is 10.8 Å². The molecule has 0 bridgehead atoms. The van der Waals surface area contributed by atoms with Crippen molar-refractivity contribution in [3.63, 3.8) is 0 Å². The van der Waals surface area contributed by atoms with Gasteiger partial charge in [-0.1, -0.05) is 199 Å². The molecule has 8 aromatic rings. The fourth-order valence-corrected chi connectivity index (χ4v) is 7.65. The van der Waals surface area contributed by atoms with Crippen molar-refractivity contribution in [2.24, 2.45) is 0 Å². The molecule has 8 rings (SSSR count). The molecular formula is C54H49N. The molecule has 0 aliphatic rings. The first-order valence-corrected chi connectivity index (χ1v) is 19.4. The van der Waals surface area contributed by atoms with Crippen molar-refractivity contribution in [1.29, 1.82) is 0 Å². The SMILES string of the molecule is CC(C)(C)c1cc(-c2cccc3cccc(-c4ccccc4N(c4ccc(-c5ccccc5)cc4)c4ccc(-c5ccccc5)cc4)c23)cc(C(C)(C)C)c1. The van der Waals surface area contributed by atoms with Crippen molar-refractivity contribution in [2.45, 2.75) is 52.4 Å². The Morgan fingerprint density at radius 3 is 1.24 bits per heavy atom. The van der Waals surface area contributed by atoms with E-state index in [0.29, 0.717) is 0 Å². The van der Waals surface area contributed by atoms with Gasteiger partial charge in [-0.15, -0.1) is 0 Å². The van der Waals surface area contributed by atoms with Crippen LogP contribution in [0.2, 0.25) is 0 Å². The van der Waals surface area contributed by atoms with Crippen molar-refractivity contribution in [1.82, 2.24) is 0 Å². The normalized spacial score (nSPS) is 11.8. The first kappa shape index (κ1) is 35.8. The molecule has 0 fully saturated rings. The lowest BCUT2D eigenvalue weighted by Crippen LogP contribution is -2.16. The number of rotatable bonds is 7. The number of para-hydroxylation sites is 1. The van der Waals surface area contributed by atoms with Gasteiger partial charge in [0.25, 0.3) is 0 Å². The molecule has 0 atom stereocenters. The molecule has 0 aliphatic carbocycles. The first-order valence-electron chi connectivity index (χ1n) is 19.4. The second-order valence-electron chi connectivity index (χ2n) is 16.7. The molecule has 0 spiro atoms. The lowest BCUT2D eigenvalue weighted by atomic mass is 9.78. The van der Waals surface area contributed by atoms with Gasteiger partial charge in [-0.3, -0.25) is 0 Å². The van der Waals surface area contributed by atoms with Crippen LogP contribution in [-0.2, 0) is 10.8 Å². The summed E-state index contributed by atoms with van der Waals surface area (Å²) in [5.41, 5.74) is 15.8. The molecule has 0 N–H and O–H groups in total. The van der Waals surface area contributed by atoms with Crippen LogP contribution in [0.3, 0.4) is 0 Å². The number of nitrogens with zero attached hydrogens (tertiary/aromatic N) is 1. The average Bonchev–Trinajstić information content (AvgIpc) is 3.21. The van der Waals surface area contributed by atoms with Gasteiger partial charge in [0.2, 0.25) is 0 Å². The van der Waals surface area contributed by atoms with Crippen molar-refractivity contribution >= 4 is 27.8 Å². The molecule has 270 valence electrons. The standard InChI is InChI=1S/C54H49N/c1-53(2,3)44-35-43(36-45(37-44)54(4,5)6)48-24-15-21-42-22-16-25-50(52(42)48)49-23-13-14-26-51(49)55(46-31-27-40(28-32-46)38-17-9-7-10-18-38)47-33-29-41(30-34-47)39-19-11-8-12-20-39/h7-37H,1-6H3. The quantitative estimate of drug-likeness (QED) is 0.159. The number of hydrogen-bond donors (Lipinski definition) is 0. The van der Waals surface area contributed by atoms with Crippen LogP contribution < -0.4 is 4.90 Å². The fraction of sp³-hybridized carbons (Fsp3) is 0.148. The summed E-state index contributed by atoms with van der Waals surface area (Å²) in [5.74, 6) is 0. The summed E-state index contributed by atoms with van der Waals surface area (Å²) in [6.45, 7) is 13.9. The number of anilines is 3. The Morgan fingerprint density at radius 1 is 0.327 bits per heavy atom. The van der Waals surface area contributed by atoms with E-state index >= 15 is 0 Å².